The molecule has 3 amide bonds. The standard InChI is InChI=1S/C21H29N5O3S.C20H27N3O2S/c1-16(27)25-8-10-26(11-9-25)19-7-6-18(23-14-19)5-4-17-13-20(30-15-17)3-2-12-29-21(28)24-22;1-16(25)22-8-10-23(11-9-22)19-7-6-18(21-14-19)5-4-17-13-20(26-15-17)3-2-12-24/h6-7,13-15H,2-5,8-12,22H2,1H3,(H,24,28);6-7,13-15,24H,2-5,8-12H2,1H3. The number of pyridine rings is 2. The number of nitrogens with two attached hydrogens (primary N) is 1. The van der Waals surface area contributed by atoms with Crippen molar-refractivity contribution in [1.82, 2.24) is 25.2 Å². The maximum Gasteiger partial charge on any atom is 0.421 e. The Labute approximate surface area is 338 Å². The lowest BCUT2D eigenvalue weighted by Gasteiger charge is -2.35. The van der Waals surface area contributed by atoms with Gasteiger partial charge in [-0.25, -0.2) is 10.6 Å². The van der Waals surface area contributed by atoms with E-state index >= 15 is 0 Å². The minimum Gasteiger partial charge on any atom is -0.449 e. The molecule has 4 N–H and O–H groups in total. The Bertz CT molecular complexity index is 1800. The summed E-state index contributed by atoms with van der Waals surface area (Å²) in [6.45, 7) is 10.4. The Hall–Kier alpha value is -4.57. The van der Waals surface area contributed by atoms with Crippen molar-refractivity contribution in [3.05, 3.63) is 91.8 Å². The number of nitrogens with zero attached hydrogens (tertiary/aromatic N) is 6. The van der Waals surface area contributed by atoms with Gasteiger partial charge in [0.1, 0.15) is 0 Å². The minimum absolute atomic E-state index is 0.145. The fraction of sp³-hybridized carbons (Fsp3) is 0.488. The fourth-order valence-electron chi connectivity index (χ4n) is 6.69. The maximum atomic E-state index is 11.5. The minimum atomic E-state index is -0.598. The van der Waals surface area contributed by atoms with Crippen molar-refractivity contribution in [1.29, 1.82) is 0 Å². The van der Waals surface area contributed by atoms with Gasteiger partial charge in [0.15, 0.2) is 0 Å². The molecule has 15 heteroatoms. The van der Waals surface area contributed by atoms with Crippen LogP contribution in [0.15, 0.2) is 59.6 Å². The van der Waals surface area contributed by atoms with Gasteiger partial charge in [0.25, 0.3) is 0 Å². The molecule has 0 bridgehead atoms. The zero-order chi connectivity index (χ0) is 39.7. The number of aliphatic hydroxyl groups excluding tert-OH is 1. The Morgan fingerprint density at radius 2 is 1.16 bits per heavy atom. The molecule has 2 aliphatic rings. The number of thiophene rings is 2. The number of aryl methyl sites for hydroxylation is 6. The zero-order valence-corrected chi connectivity index (χ0v) is 34.3. The van der Waals surface area contributed by atoms with Gasteiger partial charge in [-0.3, -0.25) is 25.0 Å². The first-order valence-corrected chi connectivity index (χ1v) is 21.2. The van der Waals surface area contributed by atoms with Crippen LogP contribution in [0.5, 0.6) is 0 Å². The van der Waals surface area contributed by atoms with E-state index in [0.717, 1.165) is 126 Å². The number of anilines is 2. The van der Waals surface area contributed by atoms with Crippen LogP contribution in [-0.4, -0.2) is 108 Å². The summed E-state index contributed by atoms with van der Waals surface area (Å²) < 4.78 is 4.89. The third-order valence-corrected chi connectivity index (χ3v) is 12.1. The van der Waals surface area contributed by atoms with Crippen LogP contribution in [0.25, 0.3) is 0 Å². The molecular formula is C41H56N8O5S2. The van der Waals surface area contributed by atoms with E-state index < -0.39 is 6.09 Å². The van der Waals surface area contributed by atoms with Gasteiger partial charge in [0.2, 0.25) is 11.8 Å². The number of aliphatic hydroxyl groups is 1. The van der Waals surface area contributed by atoms with Gasteiger partial charge in [0, 0.05) is 94.0 Å². The summed E-state index contributed by atoms with van der Waals surface area (Å²) >= 11 is 3.52. The van der Waals surface area contributed by atoms with Gasteiger partial charge in [0.05, 0.1) is 30.4 Å². The number of hydrogen-bond acceptors (Lipinski definition) is 12. The van der Waals surface area contributed by atoms with E-state index in [1.807, 2.05) is 27.6 Å². The molecule has 6 heterocycles. The van der Waals surface area contributed by atoms with Crippen LogP contribution in [0.1, 0.15) is 59.0 Å². The molecule has 56 heavy (non-hydrogen) atoms. The number of carbonyl (C=O) groups excluding carboxylic acids is 3. The first kappa shape index (κ1) is 42.6. The van der Waals surface area contributed by atoms with E-state index in [-0.39, 0.29) is 18.4 Å². The van der Waals surface area contributed by atoms with Gasteiger partial charge in [-0.1, -0.05) is 0 Å². The van der Waals surface area contributed by atoms with Crippen molar-refractivity contribution in [2.45, 2.75) is 65.2 Å². The quantitative estimate of drug-likeness (QED) is 0.0669. The first-order valence-electron chi connectivity index (χ1n) is 19.5. The van der Waals surface area contributed by atoms with E-state index in [4.69, 9.17) is 15.7 Å². The topological polar surface area (TPSA) is 157 Å². The van der Waals surface area contributed by atoms with E-state index in [9.17, 15) is 14.4 Å². The van der Waals surface area contributed by atoms with E-state index in [2.05, 4.69) is 66.9 Å². The highest BCUT2D eigenvalue weighted by molar-refractivity contribution is 7.10. The summed E-state index contributed by atoms with van der Waals surface area (Å²) in [5.74, 6) is 5.27. The lowest BCUT2D eigenvalue weighted by atomic mass is 10.1. The van der Waals surface area contributed by atoms with E-state index in [0.29, 0.717) is 6.61 Å². The Balaban J connectivity index is 0.000000216. The molecule has 4 aromatic rings. The molecule has 6 rings (SSSR count). The summed E-state index contributed by atoms with van der Waals surface area (Å²) in [6.07, 6.45) is 10.5. The van der Waals surface area contributed by atoms with Crippen molar-refractivity contribution < 1.29 is 24.2 Å². The smallest absolute Gasteiger partial charge is 0.421 e. The summed E-state index contributed by atoms with van der Waals surface area (Å²) in [6, 6.07) is 13.0. The maximum absolute atomic E-state index is 11.5. The van der Waals surface area contributed by atoms with Gasteiger partial charge in [-0.2, -0.15) is 0 Å². The number of nitrogens with one attached hydrogen (secondary N) is 1. The number of aromatic nitrogens is 2. The highest BCUT2D eigenvalue weighted by Gasteiger charge is 2.20. The summed E-state index contributed by atoms with van der Waals surface area (Å²) in [7, 11) is 0. The van der Waals surface area contributed by atoms with Crippen molar-refractivity contribution in [3.8, 4) is 0 Å². The van der Waals surface area contributed by atoms with Crippen LogP contribution in [0, 0.1) is 0 Å². The number of amides is 3. The second-order valence-electron chi connectivity index (χ2n) is 14.1. The highest BCUT2D eigenvalue weighted by Crippen LogP contribution is 2.22. The van der Waals surface area contributed by atoms with Crippen LogP contribution in [0.2, 0.25) is 0 Å². The van der Waals surface area contributed by atoms with Crippen molar-refractivity contribution in [2.75, 3.05) is 75.4 Å². The lowest BCUT2D eigenvalue weighted by molar-refractivity contribution is -0.129. The molecule has 13 nitrogen and oxygen atoms in total. The van der Waals surface area contributed by atoms with Crippen molar-refractivity contribution in [3.63, 3.8) is 0 Å². The molecule has 0 atom stereocenters. The SMILES string of the molecule is CC(=O)N1CCN(c2ccc(CCc3csc(CCCO)c3)nc2)CC1.CC(=O)N1CCN(c2ccc(CCc3csc(CCCOC(=O)NN)c3)nc2)CC1. The first-order chi connectivity index (χ1) is 27.2. The van der Waals surface area contributed by atoms with Crippen LogP contribution >= 0.6 is 22.7 Å². The molecule has 0 spiro atoms. The molecule has 0 radical (unpaired) electrons. The molecule has 0 aliphatic carbocycles. The highest BCUT2D eigenvalue weighted by atomic mass is 32.1. The molecule has 0 saturated carbocycles. The lowest BCUT2D eigenvalue weighted by Crippen LogP contribution is -2.48. The summed E-state index contributed by atoms with van der Waals surface area (Å²) in [5.41, 5.74) is 9.05. The van der Waals surface area contributed by atoms with Crippen LogP contribution < -0.4 is 21.1 Å². The van der Waals surface area contributed by atoms with Gasteiger partial charge in [-0.05, 0) is 110 Å². The molecule has 4 aromatic heterocycles. The van der Waals surface area contributed by atoms with Crippen LogP contribution in [0.4, 0.5) is 16.2 Å². The van der Waals surface area contributed by atoms with E-state index in [1.54, 1.807) is 36.5 Å². The second-order valence-corrected chi connectivity index (χ2v) is 16.0. The van der Waals surface area contributed by atoms with Gasteiger partial charge >= 0.3 is 6.09 Å². The van der Waals surface area contributed by atoms with Crippen LogP contribution in [0.3, 0.4) is 0 Å². The summed E-state index contributed by atoms with van der Waals surface area (Å²) in [5, 5.41) is 13.3. The average Bonchev–Trinajstić information content (AvgIpc) is 3.90. The van der Waals surface area contributed by atoms with Gasteiger partial charge in [-0.15, -0.1) is 22.7 Å². The number of piperazine rings is 2. The molecular weight excluding hydrogens is 749 g/mol. The summed E-state index contributed by atoms with van der Waals surface area (Å²) in [4.78, 5) is 54.0. The molecule has 2 saturated heterocycles. The monoisotopic (exact) mass is 804 g/mol. The molecule has 0 aromatic carbocycles. The predicted octanol–water partition coefficient (Wildman–Crippen LogP) is 4.65. The third kappa shape index (κ3) is 13.6. The third-order valence-electron chi connectivity index (χ3n) is 10.1. The number of ether oxygens (including phenoxy) is 1. The van der Waals surface area contributed by atoms with Gasteiger partial charge < -0.3 is 29.4 Å². The van der Waals surface area contributed by atoms with E-state index in [1.165, 1.54) is 20.9 Å². The normalized spacial score (nSPS) is 14.3. The molecule has 2 aliphatic heterocycles. The molecule has 0 unspecified atom stereocenters. The van der Waals surface area contributed by atoms with Crippen LogP contribution in [-0.2, 0) is 52.9 Å². The number of carbonyl (C=O) groups is 3. The Morgan fingerprint density at radius 1 is 0.696 bits per heavy atom. The predicted molar refractivity (Wildman–Crippen MR) is 223 cm³/mol. The number of hydrogen-bond donors (Lipinski definition) is 3. The Kier molecular flexibility index (Phi) is 16.9. The Morgan fingerprint density at radius 3 is 1.55 bits per heavy atom. The zero-order valence-electron chi connectivity index (χ0n) is 32.7. The van der Waals surface area contributed by atoms with Crippen molar-refractivity contribution in [2.24, 2.45) is 5.84 Å². The fourth-order valence-corrected chi connectivity index (χ4v) is 8.63. The largest absolute Gasteiger partial charge is 0.449 e. The number of rotatable bonds is 15. The number of hydrazine groups is 1. The molecule has 2 fully saturated rings. The average molecular weight is 805 g/mol. The van der Waals surface area contributed by atoms with Crippen molar-refractivity contribution >= 4 is 52.0 Å². The molecule has 302 valence electrons. The second kappa shape index (κ2) is 22.2.